The Balaban J connectivity index is 1.86. The summed E-state index contributed by atoms with van der Waals surface area (Å²) in [5, 5.41) is 7.91. The summed E-state index contributed by atoms with van der Waals surface area (Å²) in [4.78, 5) is 39.6. The molecule has 3 fully saturated rings. The van der Waals surface area contributed by atoms with E-state index in [1.807, 2.05) is 12.3 Å². The molecule has 0 aromatic heterocycles. The third-order valence-corrected chi connectivity index (χ3v) is 6.29. The van der Waals surface area contributed by atoms with Crippen LogP contribution in [0.1, 0.15) is 26.7 Å². The van der Waals surface area contributed by atoms with Crippen molar-refractivity contribution in [3.05, 3.63) is 23.5 Å². The molecule has 3 N–H and O–H groups in total. The van der Waals surface area contributed by atoms with Crippen molar-refractivity contribution in [2.45, 2.75) is 37.7 Å². The standard InChI is InChI=1S/C17H21BrN4O3/c1-8-3-9(2)13-17(14(23)20-16(25)21-15(17)24)5-10-4-12(18)19-6-11(10)22(13)7-8/h4,6,8-9,12-13,19H,3,5,7H2,1-2H3,(H2,20,21,23,24,25). The summed E-state index contributed by atoms with van der Waals surface area (Å²) in [6.45, 7) is 5.06. The van der Waals surface area contributed by atoms with Crippen molar-refractivity contribution in [2.75, 3.05) is 6.54 Å². The lowest BCUT2D eigenvalue weighted by atomic mass is 9.61. The summed E-state index contributed by atoms with van der Waals surface area (Å²) in [6, 6.07) is -1.00. The number of hydrogen-bond donors (Lipinski definition) is 3. The molecule has 4 amide bonds. The highest BCUT2D eigenvalue weighted by Gasteiger charge is 2.63. The molecule has 0 radical (unpaired) electrons. The van der Waals surface area contributed by atoms with E-state index in [1.54, 1.807) is 0 Å². The Hall–Kier alpha value is -1.83. The molecular formula is C17H21BrN4O3. The first-order chi connectivity index (χ1) is 11.8. The Labute approximate surface area is 154 Å². The molecule has 25 heavy (non-hydrogen) atoms. The molecule has 4 aliphatic heterocycles. The maximum Gasteiger partial charge on any atom is 0.328 e. The number of rotatable bonds is 0. The molecule has 4 rings (SSSR count). The van der Waals surface area contributed by atoms with Crippen molar-refractivity contribution < 1.29 is 14.4 Å². The fraction of sp³-hybridized carbons (Fsp3) is 0.588. The van der Waals surface area contributed by atoms with E-state index in [9.17, 15) is 14.4 Å². The highest BCUT2D eigenvalue weighted by atomic mass is 79.9. The zero-order valence-electron chi connectivity index (χ0n) is 14.1. The van der Waals surface area contributed by atoms with E-state index in [-0.39, 0.29) is 16.9 Å². The van der Waals surface area contributed by atoms with Gasteiger partial charge in [-0.05, 0) is 36.3 Å². The Kier molecular flexibility index (Phi) is 3.72. The molecule has 1 spiro atoms. The smallest absolute Gasteiger partial charge is 0.328 e. The average Bonchev–Trinajstić information content (AvgIpc) is 2.51. The maximum absolute atomic E-state index is 12.9. The third kappa shape index (κ3) is 2.33. The Morgan fingerprint density at radius 3 is 2.56 bits per heavy atom. The fourth-order valence-electron chi connectivity index (χ4n) is 4.97. The zero-order chi connectivity index (χ0) is 17.9. The number of piperidine rings is 2. The summed E-state index contributed by atoms with van der Waals surface area (Å²) < 4.78 is 0. The van der Waals surface area contributed by atoms with E-state index in [2.05, 4.69) is 50.6 Å². The van der Waals surface area contributed by atoms with Crippen LogP contribution in [0.3, 0.4) is 0 Å². The molecule has 0 bridgehead atoms. The van der Waals surface area contributed by atoms with Gasteiger partial charge in [0.1, 0.15) is 4.95 Å². The van der Waals surface area contributed by atoms with Crippen LogP contribution in [0.25, 0.3) is 0 Å². The number of amides is 4. The SMILES string of the molecule is CC1CC(C)C2N(C1)C1=CNC(Br)C=C1CC21C(=O)NC(=O)NC1=O. The summed E-state index contributed by atoms with van der Waals surface area (Å²) in [6.07, 6.45) is 5.20. The number of urea groups is 1. The summed E-state index contributed by atoms with van der Waals surface area (Å²) >= 11 is 3.51. The van der Waals surface area contributed by atoms with Gasteiger partial charge in [0, 0.05) is 12.7 Å². The minimum Gasteiger partial charge on any atom is -0.374 e. The van der Waals surface area contributed by atoms with Crippen LogP contribution in [0.4, 0.5) is 4.79 Å². The van der Waals surface area contributed by atoms with Crippen molar-refractivity contribution in [3.63, 3.8) is 0 Å². The predicted octanol–water partition coefficient (Wildman–Crippen LogP) is 1.18. The van der Waals surface area contributed by atoms with Gasteiger partial charge in [0.2, 0.25) is 11.8 Å². The van der Waals surface area contributed by atoms with Crippen molar-refractivity contribution in [1.82, 2.24) is 20.9 Å². The molecule has 0 aromatic rings. The van der Waals surface area contributed by atoms with Crippen molar-refractivity contribution >= 4 is 33.8 Å². The molecule has 3 saturated heterocycles. The lowest BCUT2D eigenvalue weighted by Crippen LogP contribution is -2.73. The number of nitrogens with one attached hydrogen (secondary N) is 3. The molecule has 4 unspecified atom stereocenters. The predicted molar refractivity (Wildman–Crippen MR) is 94.2 cm³/mol. The number of allylic oxidation sites excluding steroid dienone is 1. The van der Waals surface area contributed by atoms with Crippen LogP contribution < -0.4 is 16.0 Å². The lowest BCUT2D eigenvalue weighted by Gasteiger charge is -2.57. The second kappa shape index (κ2) is 5.59. The monoisotopic (exact) mass is 408 g/mol. The summed E-state index contributed by atoms with van der Waals surface area (Å²) in [5.41, 5.74) is 0.723. The van der Waals surface area contributed by atoms with Gasteiger partial charge < -0.3 is 10.2 Å². The number of nitrogens with zero attached hydrogens (tertiary/aromatic N) is 1. The number of dihydropyridines is 1. The Morgan fingerprint density at radius 1 is 1.20 bits per heavy atom. The van der Waals surface area contributed by atoms with Crippen LogP contribution in [-0.4, -0.2) is 40.3 Å². The van der Waals surface area contributed by atoms with Gasteiger partial charge in [-0.25, -0.2) is 4.79 Å². The van der Waals surface area contributed by atoms with Crippen LogP contribution >= 0.6 is 15.9 Å². The van der Waals surface area contributed by atoms with Gasteiger partial charge in [-0.1, -0.05) is 29.8 Å². The van der Waals surface area contributed by atoms with E-state index < -0.39 is 23.3 Å². The van der Waals surface area contributed by atoms with Crippen LogP contribution in [0.15, 0.2) is 23.5 Å². The molecular weight excluding hydrogens is 388 g/mol. The number of fused-ring (bicyclic) bond motifs is 4. The lowest BCUT2D eigenvalue weighted by molar-refractivity contribution is -0.154. The van der Waals surface area contributed by atoms with E-state index >= 15 is 0 Å². The van der Waals surface area contributed by atoms with Gasteiger partial charge in [-0.3, -0.25) is 20.2 Å². The molecule has 7 nitrogen and oxygen atoms in total. The minimum atomic E-state index is -1.28. The minimum absolute atomic E-state index is 0.0455. The van der Waals surface area contributed by atoms with E-state index in [0.717, 1.165) is 24.2 Å². The first-order valence-corrected chi connectivity index (χ1v) is 9.49. The second-order valence-corrected chi connectivity index (χ2v) is 8.58. The quantitative estimate of drug-likeness (QED) is 0.318. The van der Waals surface area contributed by atoms with E-state index in [0.29, 0.717) is 12.3 Å². The third-order valence-electron chi connectivity index (χ3n) is 5.76. The number of hydrogen-bond acceptors (Lipinski definition) is 5. The summed E-state index contributed by atoms with van der Waals surface area (Å²) in [7, 11) is 0. The molecule has 4 aliphatic rings. The molecule has 4 atom stereocenters. The number of carbonyl (C=O) groups excluding carboxylic acids is 3. The maximum atomic E-state index is 12.9. The number of alkyl halides is 1. The molecule has 4 heterocycles. The number of carbonyl (C=O) groups is 3. The summed E-state index contributed by atoms with van der Waals surface area (Å²) in [5.74, 6) is -0.358. The Bertz CT molecular complexity index is 711. The molecule has 8 heteroatoms. The van der Waals surface area contributed by atoms with E-state index in [1.165, 1.54) is 0 Å². The highest BCUT2D eigenvalue weighted by molar-refractivity contribution is 9.09. The Morgan fingerprint density at radius 2 is 1.88 bits per heavy atom. The average molecular weight is 409 g/mol. The van der Waals surface area contributed by atoms with Crippen LogP contribution in [0, 0.1) is 17.3 Å². The normalized spacial score (nSPS) is 36.4. The first-order valence-electron chi connectivity index (χ1n) is 8.58. The number of imide groups is 2. The number of halogens is 1. The zero-order valence-corrected chi connectivity index (χ0v) is 15.7. The van der Waals surface area contributed by atoms with Gasteiger partial charge in [0.15, 0.2) is 5.41 Å². The van der Waals surface area contributed by atoms with Crippen molar-refractivity contribution in [3.8, 4) is 0 Å². The van der Waals surface area contributed by atoms with Crippen LogP contribution in [-0.2, 0) is 9.59 Å². The van der Waals surface area contributed by atoms with Gasteiger partial charge in [-0.2, -0.15) is 0 Å². The first kappa shape index (κ1) is 16.6. The molecule has 0 saturated carbocycles. The van der Waals surface area contributed by atoms with Gasteiger partial charge in [0.25, 0.3) is 0 Å². The number of barbiturate groups is 1. The van der Waals surface area contributed by atoms with Crippen molar-refractivity contribution in [1.29, 1.82) is 0 Å². The van der Waals surface area contributed by atoms with Crippen LogP contribution in [0.2, 0.25) is 0 Å². The largest absolute Gasteiger partial charge is 0.374 e. The molecule has 134 valence electrons. The molecule has 0 aliphatic carbocycles. The van der Waals surface area contributed by atoms with Gasteiger partial charge in [-0.15, -0.1) is 0 Å². The van der Waals surface area contributed by atoms with Crippen molar-refractivity contribution in [2.24, 2.45) is 17.3 Å². The topological polar surface area (TPSA) is 90.5 Å². The van der Waals surface area contributed by atoms with Gasteiger partial charge in [0.05, 0.1) is 11.7 Å². The fourth-order valence-corrected chi connectivity index (χ4v) is 5.42. The van der Waals surface area contributed by atoms with Crippen LogP contribution in [0.5, 0.6) is 0 Å². The molecule has 0 aromatic carbocycles. The highest BCUT2D eigenvalue weighted by Crippen LogP contribution is 2.51. The second-order valence-electron chi connectivity index (χ2n) is 7.59. The van der Waals surface area contributed by atoms with Gasteiger partial charge >= 0.3 is 6.03 Å². The van der Waals surface area contributed by atoms with E-state index in [4.69, 9.17) is 0 Å².